The van der Waals surface area contributed by atoms with Gasteiger partial charge in [-0.15, -0.1) is 0 Å². The molecule has 4 aromatic rings. The van der Waals surface area contributed by atoms with Crippen LogP contribution in [0, 0.1) is 13.8 Å². The van der Waals surface area contributed by atoms with Gasteiger partial charge in [-0.1, -0.05) is 75.2 Å². The summed E-state index contributed by atoms with van der Waals surface area (Å²) < 4.78 is 4.91. The molecule has 0 radical (unpaired) electrons. The van der Waals surface area contributed by atoms with E-state index in [1.807, 2.05) is 69.4 Å². The number of ether oxygens (including phenoxy) is 1. The van der Waals surface area contributed by atoms with Crippen LogP contribution in [-0.4, -0.2) is 39.8 Å². The number of hydrogen-bond acceptors (Lipinski definition) is 8. The second kappa shape index (κ2) is 22.9. The number of Topliss-reactive ketones (excluding diaryl/α,β-unsaturated/α-hetero) is 1. The lowest BCUT2D eigenvalue weighted by Gasteiger charge is -2.12. The smallest absolute Gasteiger partial charge is 0.227 e. The highest BCUT2D eigenvalue weighted by Gasteiger charge is 2.12. The highest BCUT2D eigenvalue weighted by molar-refractivity contribution is 6.37. The monoisotopic (exact) mass is 725 g/mol. The van der Waals surface area contributed by atoms with E-state index in [2.05, 4.69) is 45.8 Å². The molecule has 0 aliphatic rings. The maximum atomic E-state index is 11.6. The molecular formula is C38H49Cl2N5O5. The van der Waals surface area contributed by atoms with Gasteiger partial charge >= 0.3 is 0 Å². The Morgan fingerprint density at radius 2 is 1.42 bits per heavy atom. The lowest BCUT2D eigenvalue weighted by molar-refractivity contribution is -0.116. The molecule has 0 saturated heterocycles. The quantitative estimate of drug-likeness (QED) is 0.134. The Balaban J connectivity index is 0.000000373. The van der Waals surface area contributed by atoms with Gasteiger partial charge in [-0.3, -0.25) is 9.59 Å². The Morgan fingerprint density at radius 1 is 0.820 bits per heavy atom. The molecule has 1 heterocycles. The fourth-order valence-corrected chi connectivity index (χ4v) is 4.37. The molecule has 0 aliphatic carbocycles. The molecule has 1 aromatic heterocycles. The van der Waals surface area contributed by atoms with E-state index in [4.69, 9.17) is 27.9 Å². The summed E-state index contributed by atoms with van der Waals surface area (Å²) >= 11 is 11.6. The number of aromatic nitrogens is 2. The highest BCUT2D eigenvalue weighted by atomic mass is 35.5. The van der Waals surface area contributed by atoms with E-state index in [-0.39, 0.29) is 28.4 Å². The molecule has 0 aliphatic heterocycles. The van der Waals surface area contributed by atoms with Gasteiger partial charge in [0.25, 0.3) is 0 Å². The second-order valence-electron chi connectivity index (χ2n) is 10.9. The van der Waals surface area contributed by atoms with Crippen LogP contribution >= 0.6 is 23.2 Å². The zero-order valence-corrected chi connectivity index (χ0v) is 31.8. The third-order valence-electron chi connectivity index (χ3n) is 6.76. The van der Waals surface area contributed by atoms with Crippen molar-refractivity contribution in [3.8, 4) is 11.5 Å². The molecule has 4 N–H and O–H groups in total. The van der Waals surface area contributed by atoms with Crippen molar-refractivity contribution in [3.63, 3.8) is 0 Å². The van der Waals surface area contributed by atoms with Crippen LogP contribution in [0.25, 0.3) is 0 Å². The number of nitrogens with zero attached hydrogens (tertiary/aromatic N) is 2. The van der Waals surface area contributed by atoms with Gasteiger partial charge in [-0.25, -0.2) is 9.97 Å². The molecule has 2 amide bonds. The SMILES string of the molecule is CC(C)=O.CCC(=O)Nc1cccc(CC)c1.CCC(=O)Nc1ccccc1Nc1ncc(CC)c(C)n1.COc1cc(O)c(Cl)c(C)c1Cl. The average molecular weight is 727 g/mol. The molecule has 10 nitrogen and oxygen atoms in total. The lowest BCUT2D eigenvalue weighted by atomic mass is 10.1. The first-order chi connectivity index (χ1) is 23.7. The number of para-hydroxylation sites is 2. The predicted octanol–water partition coefficient (Wildman–Crippen LogP) is 9.65. The molecule has 0 unspecified atom stereocenters. The number of halogens is 2. The summed E-state index contributed by atoms with van der Waals surface area (Å²) in [6, 6.07) is 16.8. The van der Waals surface area contributed by atoms with Gasteiger partial charge in [0.15, 0.2) is 0 Å². The number of carbonyl (C=O) groups is 3. The Kier molecular flexibility index (Phi) is 19.8. The van der Waals surface area contributed by atoms with Crippen LogP contribution < -0.4 is 20.7 Å². The first-order valence-electron chi connectivity index (χ1n) is 16.3. The van der Waals surface area contributed by atoms with Crippen molar-refractivity contribution in [2.75, 3.05) is 23.1 Å². The van der Waals surface area contributed by atoms with Crippen LogP contribution in [0.4, 0.5) is 23.0 Å². The average Bonchev–Trinajstić information content (AvgIpc) is 3.10. The van der Waals surface area contributed by atoms with E-state index in [0.29, 0.717) is 35.1 Å². The molecular weight excluding hydrogens is 677 g/mol. The molecule has 0 atom stereocenters. The minimum atomic E-state index is -0.0253. The summed E-state index contributed by atoms with van der Waals surface area (Å²) in [6.07, 6.45) is 4.70. The second-order valence-corrected chi connectivity index (χ2v) is 11.7. The number of phenolic OH excluding ortho intramolecular Hbond substituents is 1. The maximum absolute atomic E-state index is 11.6. The van der Waals surface area contributed by atoms with E-state index in [9.17, 15) is 19.5 Å². The number of anilines is 4. The Labute approximate surface area is 306 Å². The number of ketones is 1. The van der Waals surface area contributed by atoms with E-state index >= 15 is 0 Å². The van der Waals surface area contributed by atoms with Gasteiger partial charge in [0.1, 0.15) is 17.3 Å². The topological polar surface area (TPSA) is 143 Å². The van der Waals surface area contributed by atoms with E-state index in [1.54, 1.807) is 6.92 Å². The lowest BCUT2D eigenvalue weighted by Crippen LogP contribution is -2.11. The van der Waals surface area contributed by atoms with Crippen molar-refractivity contribution in [2.45, 2.75) is 81.1 Å². The number of amides is 2. The maximum Gasteiger partial charge on any atom is 0.227 e. The standard InChI is InChI=1S/C16H20N4O.C11H15NO.C8H8Cl2O2.C3H6O/c1-4-12-10-17-16(18-11(12)3)20-14-9-7-6-8-13(14)19-15(21)5-2;1-3-9-6-5-7-10(8-9)12-11(13)4-2;1-4-7(9)5(11)3-6(12-2)8(4)10;1-3(2)4/h6-10H,4-5H2,1-3H3,(H,19,21)(H,17,18,20);5-8H,3-4H2,1-2H3,(H,12,13);3,11H,1-2H3;1-2H3. The van der Waals surface area contributed by atoms with Crippen LogP contribution in [0.5, 0.6) is 11.5 Å². The number of nitrogens with one attached hydrogen (secondary N) is 3. The van der Waals surface area contributed by atoms with Crippen LogP contribution in [0.3, 0.4) is 0 Å². The fourth-order valence-electron chi connectivity index (χ4n) is 3.95. The van der Waals surface area contributed by atoms with Crippen molar-refractivity contribution >= 4 is 63.8 Å². The van der Waals surface area contributed by atoms with Crippen LogP contribution in [0.1, 0.15) is 76.8 Å². The molecule has 50 heavy (non-hydrogen) atoms. The highest BCUT2D eigenvalue weighted by Crippen LogP contribution is 2.38. The van der Waals surface area contributed by atoms with Crippen LogP contribution in [-0.2, 0) is 27.2 Å². The molecule has 0 saturated carbocycles. The zero-order chi connectivity index (χ0) is 37.8. The van der Waals surface area contributed by atoms with E-state index in [1.165, 1.54) is 32.6 Å². The minimum Gasteiger partial charge on any atom is -0.506 e. The molecule has 12 heteroatoms. The van der Waals surface area contributed by atoms with Crippen molar-refractivity contribution in [3.05, 3.63) is 93.2 Å². The zero-order valence-electron chi connectivity index (χ0n) is 30.3. The molecule has 0 bridgehead atoms. The first-order valence-corrected chi connectivity index (χ1v) is 17.0. The Morgan fingerprint density at radius 3 is 1.96 bits per heavy atom. The third-order valence-corrected chi connectivity index (χ3v) is 7.70. The Hall–Kier alpha value is -4.67. The molecule has 4 rings (SSSR count). The summed E-state index contributed by atoms with van der Waals surface area (Å²) in [4.78, 5) is 40.8. The number of aryl methyl sites for hydroxylation is 3. The normalized spacial score (nSPS) is 9.74. The Bertz CT molecular complexity index is 1710. The van der Waals surface area contributed by atoms with Gasteiger partial charge in [0.05, 0.1) is 28.5 Å². The molecule has 0 fully saturated rings. The number of benzene rings is 3. The summed E-state index contributed by atoms with van der Waals surface area (Å²) in [5.74, 6) is 1.14. The van der Waals surface area contributed by atoms with Crippen LogP contribution in [0.2, 0.25) is 10.0 Å². The number of carbonyl (C=O) groups excluding carboxylic acids is 3. The van der Waals surface area contributed by atoms with Gasteiger partial charge in [-0.2, -0.15) is 0 Å². The summed E-state index contributed by atoms with van der Waals surface area (Å²) in [5.41, 5.74) is 6.36. The minimum absolute atomic E-state index is 0.0181. The molecule has 0 spiro atoms. The predicted molar refractivity (Wildman–Crippen MR) is 205 cm³/mol. The number of methoxy groups -OCH3 is 1. The van der Waals surface area contributed by atoms with Gasteiger partial charge in [0.2, 0.25) is 17.8 Å². The summed E-state index contributed by atoms with van der Waals surface area (Å²) in [7, 11) is 1.48. The van der Waals surface area contributed by atoms with Crippen LogP contribution in [0.15, 0.2) is 60.8 Å². The fraction of sp³-hybridized carbons (Fsp3) is 0.342. The van der Waals surface area contributed by atoms with Gasteiger partial charge in [0, 0.05) is 36.5 Å². The molecule has 270 valence electrons. The van der Waals surface area contributed by atoms with E-state index in [0.717, 1.165) is 41.2 Å². The summed E-state index contributed by atoms with van der Waals surface area (Å²) in [5, 5.41) is 18.8. The van der Waals surface area contributed by atoms with Gasteiger partial charge < -0.3 is 30.6 Å². The number of aromatic hydroxyl groups is 1. The van der Waals surface area contributed by atoms with Crippen molar-refractivity contribution in [2.24, 2.45) is 0 Å². The van der Waals surface area contributed by atoms with Crippen molar-refractivity contribution in [1.29, 1.82) is 0 Å². The first kappa shape index (κ1) is 43.4. The summed E-state index contributed by atoms with van der Waals surface area (Å²) in [6.45, 7) is 14.6. The third kappa shape index (κ3) is 15.3. The number of rotatable bonds is 9. The largest absolute Gasteiger partial charge is 0.506 e. The molecule has 3 aromatic carbocycles. The number of hydrogen-bond donors (Lipinski definition) is 4. The number of phenols is 1. The van der Waals surface area contributed by atoms with Crippen molar-refractivity contribution in [1.82, 2.24) is 9.97 Å². The van der Waals surface area contributed by atoms with E-state index < -0.39 is 0 Å². The van der Waals surface area contributed by atoms with Gasteiger partial charge in [-0.05, 0) is 81.5 Å². The van der Waals surface area contributed by atoms with Crippen molar-refractivity contribution < 1.29 is 24.2 Å².